The van der Waals surface area contributed by atoms with E-state index in [4.69, 9.17) is 9.63 Å². The van der Waals surface area contributed by atoms with Crippen molar-refractivity contribution in [1.29, 1.82) is 0 Å². The maximum Gasteiger partial charge on any atom is 0.415 e. The second kappa shape index (κ2) is 5.01. The van der Waals surface area contributed by atoms with E-state index in [1.54, 1.807) is 19.0 Å². The molecule has 0 aliphatic rings. The summed E-state index contributed by atoms with van der Waals surface area (Å²) in [4.78, 5) is 5.55. The second-order valence-corrected chi connectivity index (χ2v) is 4.06. The van der Waals surface area contributed by atoms with E-state index in [0.717, 1.165) is 0 Å². The van der Waals surface area contributed by atoms with Crippen molar-refractivity contribution in [1.82, 2.24) is 15.0 Å². The number of hydrogen-bond donors (Lipinski definition) is 1. The number of alkyl halides is 3. The summed E-state index contributed by atoms with van der Waals surface area (Å²) in [6, 6.07) is 0. The van der Waals surface area contributed by atoms with E-state index in [1.807, 2.05) is 0 Å². The van der Waals surface area contributed by atoms with Crippen LogP contribution in [0.4, 0.5) is 13.2 Å². The van der Waals surface area contributed by atoms with Gasteiger partial charge in [-0.05, 0) is 14.1 Å². The Labute approximate surface area is 96.2 Å². The first-order valence-electron chi connectivity index (χ1n) is 4.93. The molecular weight excluding hydrogens is 239 g/mol. The van der Waals surface area contributed by atoms with Gasteiger partial charge in [0.1, 0.15) is 0 Å². The summed E-state index contributed by atoms with van der Waals surface area (Å²) in [5, 5.41) is 12.6. The summed E-state index contributed by atoms with van der Waals surface area (Å²) < 4.78 is 41.5. The molecule has 0 saturated heterocycles. The fraction of sp³-hybridized carbons (Fsp3) is 0.778. The molecule has 1 aromatic rings. The van der Waals surface area contributed by atoms with Crippen LogP contribution < -0.4 is 0 Å². The third-order valence-electron chi connectivity index (χ3n) is 2.14. The lowest BCUT2D eigenvalue weighted by atomic mass is 10.1. The van der Waals surface area contributed by atoms with Crippen molar-refractivity contribution in [3.8, 4) is 0 Å². The molecule has 0 saturated carbocycles. The standard InChI is InChI=1S/C9H14F3N3O2/c1-5(7(16)9(10,11)12)8-13-6(14-17-8)4-15(2)3/h5,7,16H,4H2,1-3H3. The van der Waals surface area contributed by atoms with Gasteiger partial charge in [-0.1, -0.05) is 12.1 Å². The van der Waals surface area contributed by atoms with E-state index >= 15 is 0 Å². The topological polar surface area (TPSA) is 62.4 Å². The van der Waals surface area contributed by atoms with Gasteiger partial charge >= 0.3 is 6.18 Å². The van der Waals surface area contributed by atoms with Gasteiger partial charge in [-0.3, -0.25) is 0 Å². The molecule has 1 rings (SSSR count). The molecule has 0 aromatic carbocycles. The molecule has 0 amide bonds. The van der Waals surface area contributed by atoms with Crippen LogP contribution in [0.2, 0.25) is 0 Å². The van der Waals surface area contributed by atoms with Crippen molar-refractivity contribution in [2.24, 2.45) is 0 Å². The Bertz CT molecular complexity index is 365. The number of aromatic nitrogens is 2. The van der Waals surface area contributed by atoms with E-state index in [9.17, 15) is 13.2 Å². The summed E-state index contributed by atoms with van der Waals surface area (Å²) in [5.74, 6) is -1.21. The molecule has 0 spiro atoms. The Kier molecular flexibility index (Phi) is 4.10. The number of rotatable bonds is 4. The highest BCUT2D eigenvalue weighted by Crippen LogP contribution is 2.30. The van der Waals surface area contributed by atoms with Crippen molar-refractivity contribution in [3.63, 3.8) is 0 Å². The molecule has 0 fully saturated rings. The summed E-state index contributed by atoms with van der Waals surface area (Å²) in [6.45, 7) is 1.55. The van der Waals surface area contributed by atoms with Gasteiger partial charge in [0.25, 0.3) is 0 Å². The van der Waals surface area contributed by atoms with E-state index in [1.165, 1.54) is 6.92 Å². The molecule has 1 aromatic heterocycles. The fourth-order valence-corrected chi connectivity index (χ4v) is 1.22. The Balaban J connectivity index is 2.76. The summed E-state index contributed by atoms with van der Waals surface area (Å²) in [6.07, 6.45) is -7.20. The number of nitrogens with zero attached hydrogens (tertiary/aromatic N) is 3. The molecule has 98 valence electrons. The molecule has 2 unspecified atom stereocenters. The van der Waals surface area contributed by atoms with Gasteiger partial charge in [-0.2, -0.15) is 18.2 Å². The van der Waals surface area contributed by atoms with Crippen molar-refractivity contribution in [2.75, 3.05) is 14.1 Å². The van der Waals surface area contributed by atoms with Gasteiger partial charge in [0.15, 0.2) is 11.9 Å². The normalized spacial score (nSPS) is 16.2. The first-order chi connectivity index (χ1) is 7.71. The molecule has 0 bridgehead atoms. The van der Waals surface area contributed by atoms with Crippen LogP contribution in [-0.4, -0.2) is 46.5 Å². The number of hydrogen-bond acceptors (Lipinski definition) is 5. The zero-order valence-electron chi connectivity index (χ0n) is 9.69. The highest BCUT2D eigenvalue weighted by molar-refractivity contribution is 4.97. The summed E-state index contributed by atoms with van der Waals surface area (Å²) in [5.41, 5.74) is 0. The van der Waals surface area contributed by atoms with Gasteiger partial charge < -0.3 is 14.5 Å². The average molecular weight is 253 g/mol. The van der Waals surface area contributed by atoms with Crippen molar-refractivity contribution >= 4 is 0 Å². The maximum absolute atomic E-state index is 12.3. The number of aliphatic hydroxyl groups excluding tert-OH is 1. The highest BCUT2D eigenvalue weighted by atomic mass is 19.4. The Hall–Kier alpha value is -1.15. The molecule has 5 nitrogen and oxygen atoms in total. The largest absolute Gasteiger partial charge is 0.415 e. The molecule has 0 aliphatic heterocycles. The molecular formula is C9H14F3N3O2. The van der Waals surface area contributed by atoms with Crippen LogP contribution in [0.3, 0.4) is 0 Å². The van der Waals surface area contributed by atoms with E-state index < -0.39 is 18.2 Å². The van der Waals surface area contributed by atoms with Crippen molar-refractivity contribution < 1.29 is 22.8 Å². The zero-order valence-corrected chi connectivity index (χ0v) is 9.69. The minimum Gasteiger partial charge on any atom is -0.383 e. The van der Waals surface area contributed by atoms with Crippen LogP contribution >= 0.6 is 0 Å². The Morgan fingerprint density at radius 1 is 1.41 bits per heavy atom. The fourth-order valence-electron chi connectivity index (χ4n) is 1.22. The van der Waals surface area contributed by atoms with Crippen molar-refractivity contribution in [3.05, 3.63) is 11.7 Å². The molecule has 17 heavy (non-hydrogen) atoms. The minimum absolute atomic E-state index is 0.216. The lowest BCUT2D eigenvalue weighted by molar-refractivity contribution is -0.210. The molecule has 1 N–H and O–H groups in total. The lowest BCUT2D eigenvalue weighted by Crippen LogP contribution is -2.33. The smallest absolute Gasteiger partial charge is 0.383 e. The molecule has 2 atom stereocenters. The third-order valence-corrected chi connectivity index (χ3v) is 2.14. The molecule has 1 heterocycles. The van der Waals surface area contributed by atoms with Crippen LogP contribution in [0.25, 0.3) is 0 Å². The summed E-state index contributed by atoms with van der Waals surface area (Å²) >= 11 is 0. The van der Waals surface area contributed by atoms with E-state index in [0.29, 0.717) is 6.54 Å². The average Bonchev–Trinajstić information content (AvgIpc) is 2.61. The number of halogens is 3. The van der Waals surface area contributed by atoms with Crippen molar-refractivity contribution in [2.45, 2.75) is 31.7 Å². The second-order valence-electron chi connectivity index (χ2n) is 4.06. The van der Waals surface area contributed by atoms with Gasteiger partial charge in [0.05, 0.1) is 12.5 Å². The monoisotopic (exact) mass is 253 g/mol. The summed E-state index contributed by atoms with van der Waals surface area (Å²) in [7, 11) is 3.54. The quantitative estimate of drug-likeness (QED) is 0.872. The first-order valence-corrected chi connectivity index (χ1v) is 4.93. The molecule has 8 heteroatoms. The molecule has 0 aliphatic carbocycles. The minimum atomic E-state index is -4.70. The third kappa shape index (κ3) is 3.67. The van der Waals surface area contributed by atoms with Gasteiger partial charge in [-0.15, -0.1) is 0 Å². The molecule has 0 radical (unpaired) electrons. The zero-order chi connectivity index (χ0) is 13.2. The van der Waals surface area contributed by atoms with E-state index in [-0.39, 0.29) is 11.7 Å². The van der Waals surface area contributed by atoms with Crippen LogP contribution in [0.5, 0.6) is 0 Å². The first kappa shape index (κ1) is 13.9. The van der Waals surface area contributed by atoms with E-state index in [2.05, 4.69) is 10.1 Å². The lowest BCUT2D eigenvalue weighted by Gasteiger charge is -2.18. The van der Waals surface area contributed by atoms with Crippen LogP contribution in [0.1, 0.15) is 24.6 Å². The maximum atomic E-state index is 12.3. The van der Waals surface area contributed by atoms with Crippen LogP contribution in [0, 0.1) is 0 Å². The predicted octanol–water partition coefficient (Wildman–Crippen LogP) is 1.16. The Morgan fingerprint density at radius 2 is 2.00 bits per heavy atom. The van der Waals surface area contributed by atoms with Crippen LogP contribution in [-0.2, 0) is 6.54 Å². The highest BCUT2D eigenvalue weighted by Gasteiger charge is 2.44. The van der Waals surface area contributed by atoms with Gasteiger partial charge in [0.2, 0.25) is 5.89 Å². The van der Waals surface area contributed by atoms with Gasteiger partial charge in [-0.25, -0.2) is 0 Å². The van der Waals surface area contributed by atoms with Crippen LogP contribution in [0.15, 0.2) is 4.52 Å². The SMILES string of the molecule is CC(c1nc(CN(C)C)no1)C(O)C(F)(F)F. The predicted molar refractivity (Wildman–Crippen MR) is 52.2 cm³/mol. The van der Waals surface area contributed by atoms with Gasteiger partial charge in [0, 0.05) is 0 Å². The Morgan fingerprint density at radius 3 is 2.47 bits per heavy atom. The number of aliphatic hydroxyl groups is 1.